The number of nitrogens with one attached hydrogen (secondary N) is 2. The summed E-state index contributed by atoms with van der Waals surface area (Å²) in [6.07, 6.45) is 1.84. The van der Waals surface area contributed by atoms with Gasteiger partial charge in [0.05, 0.1) is 5.69 Å². The molecule has 0 saturated heterocycles. The Labute approximate surface area is 105 Å². The molecule has 96 valence electrons. The summed E-state index contributed by atoms with van der Waals surface area (Å²) in [6, 6.07) is 2.03. The SMILES string of the molecule is Cc1ccnc(NC(C)(C)C)c1NC(C)(C)C. The quantitative estimate of drug-likeness (QED) is 0.818. The van der Waals surface area contributed by atoms with E-state index in [0.717, 1.165) is 11.5 Å². The zero-order chi connectivity index (χ0) is 13.3. The van der Waals surface area contributed by atoms with E-state index in [4.69, 9.17) is 0 Å². The number of nitrogens with zero attached hydrogens (tertiary/aromatic N) is 1. The lowest BCUT2D eigenvalue weighted by molar-refractivity contribution is 0.620. The van der Waals surface area contributed by atoms with E-state index in [2.05, 4.69) is 64.1 Å². The highest BCUT2D eigenvalue weighted by molar-refractivity contribution is 5.69. The average molecular weight is 235 g/mol. The standard InChI is InChI=1S/C14H25N3/c1-10-8-9-15-12(17-14(5,6)7)11(10)16-13(2,3)4/h8-9,16H,1-7H3,(H,15,17). The predicted molar refractivity (Wildman–Crippen MR) is 75.7 cm³/mol. The fourth-order valence-corrected chi connectivity index (χ4v) is 1.54. The molecule has 0 unspecified atom stereocenters. The number of anilines is 2. The van der Waals surface area contributed by atoms with Crippen molar-refractivity contribution in [2.45, 2.75) is 59.5 Å². The van der Waals surface area contributed by atoms with Gasteiger partial charge in [-0.05, 0) is 60.1 Å². The van der Waals surface area contributed by atoms with E-state index >= 15 is 0 Å². The van der Waals surface area contributed by atoms with Crippen molar-refractivity contribution in [2.24, 2.45) is 0 Å². The molecule has 2 N–H and O–H groups in total. The fraction of sp³-hybridized carbons (Fsp3) is 0.643. The van der Waals surface area contributed by atoms with Crippen molar-refractivity contribution in [2.75, 3.05) is 10.6 Å². The van der Waals surface area contributed by atoms with Gasteiger partial charge in [0.15, 0.2) is 0 Å². The summed E-state index contributed by atoms with van der Waals surface area (Å²) in [5.74, 6) is 0.924. The second-order valence-corrected chi connectivity index (χ2v) is 6.60. The van der Waals surface area contributed by atoms with Crippen LogP contribution in [0.25, 0.3) is 0 Å². The highest BCUT2D eigenvalue weighted by Gasteiger charge is 2.18. The number of aryl methyl sites for hydroxylation is 1. The van der Waals surface area contributed by atoms with E-state index in [0.29, 0.717) is 0 Å². The molecule has 3 nitrogen and oxygen atoms in total. The first-order valence-electron chi connectivity index (χ1n) is 6.10. The Morgan fingerprint density at radius 1 is 0.941 bits per heavy atom. The third-order valence-electron chi connectivity index (χ3n) is 2.15. The van der Waals surface area contributed by atoms with Crippen molar-refractivity contribution in [1.29, 1.82) is 0 Å². The predicted octanol–water partition coefficient (Wildman–Crippen LogP) is 3.81. The summed E-state index contributed by atoms with van der Waals surface area (Å²) in [6.45, 7) is 15.0. The molecular weight excluding hydrogens is 210 g/mol. The lowest BCUT2D eigenvalue weighted by atomic mass is 10.1. The van der Waals surface area contributed by atoms with Gasteiger partial charge in [0.1, 0.15) is 5.82 Å². The molecule has 0 aliphatic heterocycles. The van der Waals surface area contributed by atoms with Gasteiger partial charge in [-0.3, -0.25) is 0 Å². The molecule has 0 bridgehead atoms. The van der Waals surface area contributed by atoms with Crippen LogP contribution in [0.4, 0.5) is 11.5 Å². The van der Waals surface area contributed by atoms with Gasteiger partial charge < -0.3 is 10.6 Å². The number of aromatic nitrogens is 1. The third kappa shape index (κ3) is 4.63. The van der Waals surface area contributed by atoms with Crippen molar-refractivity contribution in [3.8, 4) is 0 Å². The third-order valence-corrected chi connectivity index (χ3v) is 2.15. The van der Waals surface area contributed by atoms with E-state index in [1.54, 1.807) is 0 Å². The van der Waals surface area contributed by atoms with Crippen LogP contribution >= 0.6 is 0 Å². The van der Waals surface area contributed by atoms with Crippen molar-refractivity contribution in [3.63, 3.8) is 0 Å². The normalized spacial score (nSPS) is 12.4. The maximum Gasteiger partial charge on any atom is 0.150 e. The average Bonchev–Trinajstić information content (AvgIpc) is 2.07. The second-order valence-electron chi connectivity index (χ2n) is 6.60. The van der Waals surface area contributed by atoms with Crippen LogP contribution in [0.5, 0.6) is 0 Å². The van der Waals surface area contributed by atoms with E-state index in [1.807, 2.05) is 12.3 Å². The van der Waals surface area contributed by atoms with E-state index in [1.165, 1.54) is 5.56 Å². The smallest absolute Gasteiger partial charge is 0.150 e. The van der Waals surface area contributed by atoms with Gasteiger partial charge in [0.25, 0.3) is 0 Å². The minimum Gasteiger partial charge on any atom is -0.377 e. The van der Waals surface area contributed by atoms with Crippen molar-refractivity contribution < 1.29 is 0 Å². The van der Waals surface area contributed by atoms with E-state index < -0.39 is 0 Å². The first-order valence-corrected chi connectivity index (χ1v) is 6.10. The summed E-state index contributed by atoms with van der Waals surface area (Å²) < 4.78 is 0. The van der Waals surface area contributed by atoms with Crippen molar-refractivity contribution >= 4 is 11.5 Å². The van der Waals surface area contributed by atoms with Crippen molar-refractivity contribution in [1.82, 2.24) is 4.98 Å². The Balaban J connectivity index is 3.09. The zero-order valence-electron chi connectivity index (χ0n) is 12.1. The lowest BCUT2D eigenvalue weighted by Crippen LogP contribution is -2.31. The minimum atomic E-state index is 0.00904. The molecule has 0 amide bonds. The van der Waals surface area contributed by atoms with Crippen LogP contribution in [-0.4, -0.2) is 16.1 Å². The van der Waals surface area contributed by atoms with Crippen LogP contribution in [0.15, 0.2) is 12.3 Å². The molecule has 0 radical (unpaired) electrons. The van der Waals surface area contributed by atoms with Crippen LogP contribution in [0, 0.1) is 6.92 Å². The summed E-state index contributed by atoms with van der Waals surface area (Å²) >= 11 is 0. The highest BCUT2D eigenvalue weighted by atomic mass is 15.1. The summed E-state index contributed by atoms with van der Waals surface area (Å²) in [5, 5.41) is 6.96. The van der Waals surface area contributed by atoms with Gasteiger partial charge in [-0.1, -0.05) is 0 Å². The molecule has 0 aliphatic rings. The van der Waals surface area contributed by atoms with E-state index in [-0.39, 0.29) is 11.1 Å². The molecule has 0 aromatic carbocycles. The zero-order valence-corrected chi connectivity index (χ0v) is 12.1. The van der Waals surface area contributed by atoms with Gasteiger partial charge in [-0.15, -0.1) is 0 Å². The van der Waals surface area contributed by atoms with Crippen LogP contribution in [0.3, 0.4) is 0 Å². The number of hydrogen-bond donors (Lipinski definition) is 2. The Bertz CT molecular complexity index is 383. The maximum atomic E-state index is 4.44. The van der Waals surface area contributed by atoms with Gasteiger partial charge in [0, 0.05) is 17.3 Å². The number of hydrogen-bond acceptors (Lipinski definition) is 3. The molecule has 1 rings (SSSR count). The van der Waals surface area contributed by atoms with Crippen LogP contribution < -0.4 is 10.6 Å². The second kappa shape index (κ2) is 4.55. The first-order chi connectivity index (χ1) is 7.58. The van der Waals surface area contributed by atoms with Crippen LogP contribution in [-0.2, 0) is 0 Å². The first kappa shape index (κ1) is 13.8. The molecule has 1 aromatic rings. The number of pyridine rings is 1. The molecule has 0 saturated carbocycles. The molecule has 0 fully saturated rings. The molecule has 3 heteroatoms. The molecule has 17 heavy (non-hydrogen) atoms. The Hall–Kier alpha value is -1.25. The molecule has 1 aromatic heterocycles. The Morgan fingerprint density at radius 3 is 1.94 bits per heavy atom. The monoisotopic (exact) mass is 235 g/mol. The maximum absolute atomic E-state index is 4.44. The van der Waals surface area contributed by atoms with Crippen LogP contribution in [0.2, 0.25) is 0 Å². The van der Waals surface area contributed by atoms with Gasteiger partial charge >= 0.3 is 0 Å². The van der Waals surface area contributed by atoms with Crippen molar-refractivity contribution in [3.05, 3.63) is 17.8 Å². The van der Waals surface area contributed by atoms with Crippen LogP contribution in [0.1, 0.15) is 47.1 Å². The topological polar surface area (TPSA) is 37.0 Å². The molecule has 0 aliphatic carbocycles. The van der Waals surface area contributed by atoms with Gasteiger partial charge in [-0.2, -0.15) is 0 Å². The van der Waals surface area contributed by atoms with Gasteiger partial charge in [-0.25, -0.2) is 4.98 Å². The fourth-order valence-electron chi connectivity index (χ4n) is 1.54. The minimum absolute atomic E-state index is 0.00904. The summed E-state index contributed by atoms with van der Waals surface area (Å²) in [4.78, 5) is 4.44. The molecule has 0 atom stereocenters. The summed E-state index contributed by atoms with van der Waals surface area (Å²) in [7, 11) is 0. The molecular formula is C14H25N3. The highest BCUT2D eigenvalue weighted by Crippen LogP contribution is 2.28. The lowest BCUT2D eigenvalue weighted by Gasteiger charge is -2.28. The summed E-state index contributed by atoms with van der Waals surface area (Å²) in [5.41, 5.74) is 2.34. The van der Waals surface area contributed by atoms with Gasteiger partial charge in [0.2, 0.25) is 0 Å². The van der Waals surface area contributed by atoms with E-state index in [9.17, 15) is 0 Å². The largest absolute Gasteiger partial charge is 0.377 e. The molecule has 1 heterocycles. The Morgan fingerprint density at radius 2 is 1.47 bits per heavy atom. The number of rotatable bonds is 2. The Kier molecular flexibility index (Phi) is 3.70. The molecule has 0 spiro atoms.